The van der Waals surface area contributed by atoms with E-state index in [0.717, 1.165) is 27.9 Å². The van der Waals surface area contributed by atoms with Crippen LogP contribution in [0.15, 0.2) is 84.9 Å². The first-order chi connectivity index (χ1) is 19.7. The normalized spacial score (nSPS) is 10.7. The molecule has 0 bridgehead atoms. The number of nitriles is 1. The second-order valence-electron chi connectivity index (χ2n) is 9.48. The number of aryl methyl sites for hydroxylation is 2. The van der Waals surface area contributed by atoms with Gasteiger partial charge in [-0.25, -0.2) is 4.79 Å². The zero-order chi connectivity index (χ0) is 29.3. The number of anilines is 2. The lowest BCUT2D eigenvalue weighted by molar-refractivity contribution is -0.132. The van der Waals surface area contributed by atoms with E-state index in [1.54, 1.807) is 49.5 Å². The zero-order valence-corrected chi connectivity index (χ0v) is 22.1. The smallest absolute Gasteiger partial charge is 0.339 e. The summed E-state index contributed by atoms with van der Waals surface area (Å²) in [5.41, 5.74) is 5.99. The lowest BCUT2D eigenvalue weighted by Crippen LogP contribution is -2.29. The summed E-state index contributed by atoms with van der Waals surface area (Å²) in [6.45, 7) is 1.85. The third-order valence-corrected chi connectivity index (χ3v) is 6.89. The van der Waals surface area contributed by atoms with Crippen LogP contribution in [0.3, 0.4) is 0 Å². The average Bonchev–Trinajstić information content (AvgIpc) is 3.21. The Hall–Kier alpha value is -5.88. The highest BCUT2D eigenvalue weighted by Gasteiger charge is 2.20. The predicted molar refractivity (Wildman–Crippen MR) is 156 cm³/mol. The van der Waals surface area contributed by atoms with Gasteiger partial charge in [0.05, 0.1) is 22.8 Å². The molecule has 9 nitrogen and oxygen atoms in total. The number of carboxylic acids is 1. The molecule has 202 valence electrons. The van der Waals surface area contributed by atoms with E-state index in [9.17, 15) is 24.6 Å². The fourth-order valence-corrected chi connectivity index (χ4v) is 4.84. The van der Waals surface area contributed by atoms with Gasteiger partial charge in [0.2, 0.25) is 0 Å². The van der Waals surface area contributed by atoms with Gasteiger partial charge in [0.25, 0.3) is 0 Å². The van der Waals surface area contributed by atoms with Crippen molar-refractivity contribution < 1.29 is 24.6 Å². The van der Waals surface area contributed by atoms with Crippen molar-refractivity contribution in [1.29, 1.82) is 5.26 Å². The number of aromatic nitrogens is 1. The fourth-order valence-electron chi connectivity index (χ4n) is 4.84. The van der Waals surface area contributed by atoms with E-state index >= 15 is 0 Å². The quantitative estimate of drug-likeness (QED) is 0.210. The first-order valence-corrected chi connectivity index (χ1v) is 12.5. The molecule has 0 aliphatic rings. The second kappa shape index (κ2) is 10.7. The average molecular weight is 545 g/mol. The van der Waals surface area contributed by atoms with Crippen molar-refractivity contribution in [3.8, 4) is 34.2 Å². The van der Waals surface area contributed by atoms with Gasteiger partial charge >= 0.3 is 17.8 Å². The highest BCUT2D eigenvalue weighted by atomic mass is 16.4. The number of fused-ring (bicyclic) bond motifs is 1. The van der Waals surface area contributed by atoms with Gasteiger partial charge in [-0.2, -0.15) is 5.26 Å². The topological polar surface area (TPSA) is 144 Å². The molecule has 5 rings (SSSR count). The van der Waals surface area contributed by atoms with Crippen LogP contribution in [-0.2, 0) is 16.6 Å². The number of rotatable bonds is 5. The summed E-state index contributed by atoms with van der Waals surface area (Å²) in [7, 11) is 1.80. The van der Waals surface area contributed by atoms with E-state index in [4.69, 9.17) is 5.26 Å². The Morgan fingerprint density at radius 2 is 1.41 bits per heavy atom. The largest absolute Gasteiger partial charge is 0.507 e. The number of hydrogen-bond acceptors (Lipinski definition) is 5. The van der Waals surface area contributed by atoms with Crippen molar-refractivity contribution in [2.24, 2.45) is 7.05 Å². The number of benzene rings is 4. The molecule has 0 radical (unpaired) electrons. The Balaban J connectivity index is 1.32. The van der Waals surface area contributed by atoms with E-state index in [2.05, 4.69) is 16.7 Å². The molecule has 4 aromatic carbocycles. The highest BCUT2D eigenvalue weighted by molar-refractivity contribution is 6.43. The maximum atomic E-state index is 12.7. The number of carbonyl (C=O) groups excluding carboxylic acids is 2. The fraction of sp³-hybridized carbons (Fsp3) is 0.0625. The van der Waals surface area contributed by atoms with Crippen LogP contribution in [0.1, 0.15) is 21.5 Å². The van der Waals surface area contributed by atoms with Gasteiger partial charge < -0.3 is 25.4 Å². The minimum absolute atomic E-state index is 0.186. The highest BCUT2D eigenvalue weighted by Crippen LogP contribution is 2.36. The van der Waals surface area contributed by atoms with Crippen molar-refractivity contribution in [3.05, 3.63) is 102 Å². The first-order valence-electron chi connectivity index (χ1n) is 12.5. The number of carboxylic acid groups (broad SMARTS) is 1. The molecule has 0 saturated carbocycles. The van der Waals surface area contributed by atoms with Crippen LogP contribution in [0.4, 0.5) is 11.4 Å². The van der Waals surface area contributed by atoms with Crippen molar-refractivity contribution in [2.75, 3.05) is 10.6 Å². The molecule has 0 atom stereocenters. The molecule has 5 aromatic rings. The van der Waals surface area contributed by atoms with Crippen LogP contribution < -0.4 is 10.6 Å². The molecule has 0 spiro atoms. The Kier molecular flexibility index (Phi) is 6.98. The molecule has 1 heterocycles. The number of phenols is 1. The maximum Gasteiger partial charge on any atom is 0.339 e. The number of nitrogens with zero attached hydrogens (tertiary/aromatic N) is 2. The maximum absolute atomic E-state index is 12.7. The van der Waals surface area contributed by atoms with Crippen LogP contribution in [0, 0.1) is 18.3 Å². The number of carbonyl (C=O) groups is 3. The molecule has 0 aliphatic heterocycles. The molecule has 2 amide bonds. The SMILES string of the molecule is Cc1c(-c2cccc(NC(=O)C(=O)Nc3ccc(-c4ccc(C#N)cc4)cc3)c2)n(C)c2cc(O)c(C(=O)O)cc12. The van der Waals surface area contributed by atoms with Gasteiger partial charge in [-0.1, -0.05) is 36.4 Å². The lowest BCUT2D eigenvalue weighted by atomic mass is 10.0. The van der Waals surface area contributed by atoms with Gasteiger partial charge in [-0.05, 0) is 66.1 Å². The molecule has 0 saturated heterocycles. The van der Waals surface area contributed by atoms with Gasteiger partial charge in [0, 0.05) is 35.4 Å². The number of nitrogens with one attached hydrogen (secondary N) is 2. The summed E-state index contributed by atoms with van der Waals surface area (Å²) in [6, 6.07) is 26.0. The van der Waals surface area contributed by atoms with E-state index in [0.29, 0.717) is 27.8 Å². The van der Waals surface area contributed by atoms with E-state index in [1.807, 2.05) is 41.8 Å². The number of hydrogen-bond donors (Lipinski definition) is 4. The standard InChI is InChI=1S/C32H24N4O5/c1-18-25-15-26(32(40)41)28(37)16-27(25)36(2)29(18)22-4-3-5-24(14-22)35-31(39)30(38)34-23-12-10-21(11-13-23)20-8-6-19(17-33)7-9-20/h3-16,37H,1-2H3,(H,34,38)(H,35,39)(H,40,41). The minimum atomic E-state index is -1.22. The van der Waals surface area contributed by atoms with Crippen LogP contribution in [0.2, 0.25) is 0 Å². The third-order valence-electron chi connectivity index (χ3n) is 6.89. The molecule has 0 unspecified atom stereocenters. The van der Waals surface area contributed by atoms with Crippen molar-refractivity contribution in [2.45, 2.75) is 6.92 Å². The van der Waals surface area contributed by atoms with Crippen LogP contribution in [-0.4, -0.2) is 32.6 Å². The molecule has 9 heteroatoms. The van der Waals surface area contributed by atoms with Crippen LogP contribution >= 0.6 is 0 Å². The summed E-state index contributed by atoms with van der Waals surface area (Å²) in [5.74, 6) is -3.23. The van der Waals surface area contributed by atoms with Gasteiger partial charge in [0.15, 0.2) is 0 Å². The molecule has 41 heavy (non-hydrogen) atoms. The molecule has 0 aliphatic carbocycles. The van der Waals surface area contributed by atoms with Gasteiger partial charge in [-0.3, -0.25) is 9.59 Å². The zero-order valence-electron chi connectivity index (χ0n) is 22.1. The van der Waals surface area contributed by atoms with Gasteiger partial charge in [0.1, 0.15) is 11.3 Å². The van der Waals surface area contributed by atoms with Crippen molar-refractivity contribution in [1.82, 2.24) is 4.57 Å². The lowest BCUT2D eigenvalue weighted by Gasteiger charge is -2.10. The number of aromatic hydroxyl groups is 1. The summed E-state index contributed by atoms with van der Waals surface area (Å²) < 4.78 is 1.84. The van der Waals surface area contributed by atoms with Crippen molar-refractivity contribution in [3.63, 3.8) is 0 Å². The van der Waals surface area contributed by atoms with Crippen molar-refractivity contribution >= 4 is 40.1 Å². The van der Waals surface area contributed by atoms with E-state index in [-0.39, 0.29) is 11.3 Å². The Morgan fingerprint density at radius 1 is 0.805 bits per heavy atom. The minimum Gasteiger partial charge on any atom is -0.507 e. The van der Waals surface area contributed by atoms with E-state index < -0.39 is 17.8 Å². The Morgan fingerprint density at radius 3 is 2.02 bits per heavy atom. The molecular weight excluding hydrogens is 520 g/mol. The second-order valence-corrected chi connectivity index (χ2v) is 9.48. The third kappa shape index (κ3) is 5.22. The van der Waals surface area contributed by atoms with Gasteiger partial charge in [-0.15, -0.1) is 0 Å². The predicted octanol–water partition coefficient (Wildman–Crippen LogP) is 5.67. The summed E-state index contributed by atoms with van der Waals surface area (Å²) in [4.78, 5) is 36.8. The first kappa shape index (κ1) is 26.7. The van der Waals surface area contributed by atoms with E-state index in [1.165, 1.54) is 12.1 Å². The Labute approximate surface area is 234 Å². The molecule has 1 aromatic heterocycles. The summed E-state index contributed by atoms with van der Waals surface area (Å²) in [5, 5.41) is 34.4. The number of amides is 2. The monoisotopic (exact) mass is 544 g/mol. The Bertz CT molecular complexity index is 1880. The molecular formula is C32H24N4O5. The van der Waals surface area contributed by atoms with Crippen LogP contribution in [0.25, 0.3) is 33.3 Å². The van der Waals surface area contributed by atoms with Crippen LogP contribution in [0.5, 0.6) is 5.75 Å². The number of aromatic carboxylic acids is 1. The molecule has 0 fully saturated rings. The summed E-state index contributed by atoms with van der Waals surface area (Å²) >= 11 is 0. The summed E-state index contributed by atoms with van der Waals surface area (Å²) in [6.07, 6.45) is 0. The molecule has 4 N–H and O–H groups in total.